The molecule has 0 saturated heterocycles. The van der Waals surface area contributed by atoms with Crippen molar-refractivity contribution in [2.24, 2.45) is 0 Å². The molecule has 1 saturated carbocycles. The Bertz CT molecular complexity index is 926. The van der Waals surface area contributed by atoms with Crippen molar-refractivity contribution < 1.29 is 4.79 Å². The van der Waals surface area contributed by atoms with Gasteiger partial charge in [0, 0.05) is 22.2 Å². The van der Waals surface area contributed by atoms with Crippen molar-refractivity contribution >= 4 is 17.2 Å². The van der Waals surface area contributed by atoms with Crippen molar-refractivity contribution in [1.29, 1.82) is 0 Å². The minimum atomic E-state index is 0.105. The normalized spacial score (nSPS) is 15.8. The molecule has 1 aromatic carbocycles. The van der Waals surface area contributed by atoms with Gasteiger partial charge in [0.15, 0.2) is 5.69 Å². The zero-order chi connectivity index (χ0) is 17.5. The molecule has 0 atom stereocenters. The summed E-state index contributed by atoms with van der Waals surface area (Å²) in [6, 6.07) is 14.7. The number of para-hydroxylation sites is 1. The van der Waals surface area contributed by atoms with Crippen molar-refractivity contribution in [2.45, 2.75) is 44.7 Å². The summed E-state index contributed by atoms with van der Waals surface area (Å²) in [7, 11) is 0. The lowest BCUT2D eigenvalue weighted by Crippen LogP contribution is -2.33. The number of thiophene rings is 1. The van der Waals surface area contributed by atoms with Crippen LogP contribution >= 0.6 is 11.3 Å². The van der Waals surface area contributed by atoms with Gasteiger partial charge >= 0.3 is 0 Å². The number of carbonyl (C=O) groups is 1. The molecule has 2 heterocycles. The first-order valence-electron chi connectivity index (χ1n) is 9.31. The number of hydrogen-bond acceptors (Lipinski definition) is 3. The number of fused-ring (bicyclic) bond motifs is 1. The summed E-state index contributed by atoms with van der Waals surface area (Å²) >= 11 is 1.72. The van der Waals surface area contributed by atoms with Gasteiger partial charge in [-0.2, -0.15) is 5.10 Å². The molecule has 0 radical (unpaired) electrons. The summed E-state index contributed by atoms with van der Waals surface area (Å²) in [6.07, 6.45) is 5.28. The van der Waals surface area contributed by atoms with Gasteiger partial charge in [-0.05, 0) is 55.7 Å². The molecule has 1 fully saturated rings. The molecule has 0 N–H and O–H groups in total. The van der Waals surface area contributed by atoms with Crippen molar-refractivity contribution in [3.05, 3.63) is 69.7 Å². The van der Waals surface area contributed by atoms with Gasteiger partial charge in [0.25, 0.3) is 5.91 Å². The number of nitrogens with zero attached hydrogens (tertiary/aromatic N) is 3. The summed E-state index contributed by atoms with van der Waals surface area (Å²) < 4.78 is 1.99. The molecule has 0 unspecified atom stereocenters. The van der Waals surface area contributed by atoms with Crippen LogP contribution in [-0.2, 0) is 19.4 Å². The molecule has 3 aromatic rings. The number of carbonyl (C=O) groups excluding carboxylic acids is 1. The fourth-order valence-corrected chi connectivity index (χ4v) is 4.55. The van der Waals surface area contributed by atoms with Gasteiger partial charge in [-0.25, -0.2) is 4.68 Å². The van der Waals surface area contributed by atoms with Crippen molar-refractivity contribution in [1.82, 2.24) is 14.7 Å². The monoisotopic (exact) mass is 363 g/mol. The molecule has 2 aromatic heterocycles. The van der Waals surface area contributed by atoms with Gasteiger partial charge in [-0.15, -0.1) is 11.3 Å². The van der Waals surface area contributed by atoms with E-state index in [0.29, 0.717) is 18.3 Å². The van der Waals surface area contributed by atoms with E-state index in [-0.39, 0.29) is 5.91 Å². The van der Waals surface area contributed by atoms with Gasteiger partial charge in [-0.3, -0.25) is 4.79 Å². The number of aromatic nitrogens is 2. The summed E-state index contributed by atoms with van der Waals surface area (Å²) in [6.45, 7) is 0.703. The first-order chi connectivity index (χ1) is 12.8. The lowest BCUT2D eigenvalue weighted by atomic mass is 10.1. The molecule has 0 spiro atoms. The standard InChI is InChI=1S/C21H21N3OS/c25-21(23(15-11-12-15)14-17-8-5-13-26-17)20-18-9-4-10-19(18)24(22-20)16-6-2-1-3-7-16/h1-3,5-8,13,15H,4,9-12,14H2. The molecule has 5 heteroatoms. The quantitative estimate of drug-likeness (QED) is 0.680. The van der Waals surface area contributed by atoms with Crippen LogP contribution in [0.3, 0.4) is 0 Å². The minimum Gasteiger partial charge on any atom is -0.329 e. The molecule has 5 rings (SSSR count). The highest BCUT2D eigenvalue weighted by atomic mass is 32.1. The van der Waals surface area contributed by atoms with E-state index in [1.165, 1.54) is 10.6 Å². The van der Waals surface area contributed by atoms with Crippen molar-refractivity contribution in [3.8, 4) is 5.69 Å². The Hall–Kier alpha value is -2.40. The first-order valence-corrected chi connectivity index (χ1v) is 10.2. The van der Waals surface area contributed by atoms with Gasteiger partial charge in [-0.1, -0.05) is 24.3 Å². The van der Waals surface area contributed by atoms with Gasteiger partial charge < -0.3 is 4.90 Å². The summed E-state index contributed by atoms with van der Waals surface area (Å²) in [5, 5.41) is 6.87. The second-order valence-electron chi connectivity index (χ2n) is 7.12. The number of benzene rings is 1. The van der Waals surface area contributed by atoms with Crippen molar-refractivity contribution in [3.63, 3.8) is 0 Å². The van der Waals surface area contributed by atoms with Gasteiger partial charge in [0.1, 0.15) is 0 Å². The molecule has 2 aliphatic carbocycles. The highest BCUT2D eigenvalue weighted by molar-refractivity contribution is 7.09. The zero-order valence-corrected chi connectivity index (χ0v) is 15.4. The van der Waals surface area contributed by atoms with Gasteiger partial charge in [0.2, 0.25) is 0 Å². The van der Waals surface area contributed by atoms with E-state index >= 15 is 0 Å². The van der Waals surface area contributed by atoms with E-state index in [9.17, 15) is 4.79 Å². The SMILES string of the molecule is O=C(c1nn(-c2ccccc2)c2c1CCC2)N(Cc1cccs1)C1CC1. The second-order valence-corrected chi connectivity index (χ2v) is 8.15. The zero-order valence-electron chi connectivity index (χ0n) is 14.6. The van der Waals surface area contributed by atoms with E-state index in [4.69, 9.17) is 5.10 Å². The third-order valence-corrected chi connectivity index (χ3v) is 6.15. The Labute approximate surface area is 157 Å². The third kappa shape index (κ3) is 2.76. The van der Waals surface area contributed by atoms with Crippen LogP contribution in [-0.4, -0.2) is 26.6 Å². The summed E-state index contributed by atoms with van der Waals surface area (Å²) in [4.78, 5) is 16.7. The molecule has 4 nitrogen and oxygen atoms in total. The van der Waals surface area contributed by atoms with Crippen LogP contribution in [0.15, 0.2) is 47.8 Å². The molecule has 132 valence electrons. The molecule has 0 aliphatic heterocycles. The Morgan fingerprint density at radius 1 is 1.15 bits per heavy atom. The lowest BCUT2D eigenvalue weighted by molar-refractivity contribution is 0.0724. The Morgan fingerprint density at radius 3 is 2.73 bits per heavy atom. The fourth-order valence-electron chi connectivity index (χ4n) is 3.85. The molecular weight excluding hydrogens is 342 g/mol. The Kier molecular flexibility index (Phi) is 3.89. The fraction of sp³-hybridized carbons (Fsp3) is 0.333. The van der Waals surface area contributed by atoms with E-state index in [1.54, 1.807) is 11.3 Å². The molecule has 26 heavy (non-hydrogen) atoms. The first kappa shape index (κ1) is 15.8. The van der Waals surface area contributed by atoms with Crippen LogP contribution in [0.5, 0.6) is 0 Å². The lowest BCUT2D eigenvalue weighted by Gasteiger charge is -2.21. The highest BCUT2D eigenvalue weighted by Crippen LogP contribution is 2.33. The second kappa shape index (κ2) is 6.40. The van der Waals surface area contributed by atoms with E-state index in [0.717, 1.165) is 43.4 Å². The number of hydrogen-bond donors (Lipinski definition) is 0. The number of rotatable bonds is 5. The molecular formula is C21H21N3OS. The predicted octanol–water partition coefficient (Wildman–Crippen LogP) is 4.23. The summed E-state index contributed by atoms with van der Waals surface area (Å²) in [5.41, 5.74) is 4.09. The van der Waals surface area contributed by atoms with Crippen LogP contribution in [0.1, 0.15) is 45.9 Å². The van der Waals surface area contributed by atoms with Crippen LogP contribution in [0.2, 0.25) is 0 Å². The molecule has 0 bridgehead atoms. The van der Waals surface area contributed by atoms with Crippen molar-refractivity contribution in [2.75, 3.05) is 0 Å². The third-order valence-electron chi connectivity index (χ3n) is 5.29. The molecule has 1 amide bonds. The summed E-state index contributed by atoms with van der Waals surface area (Å²) in [5.74, 6) is 0.105. The van der Waals surface area contributed by atoms with Crippen LogP contribution in [0, 0.1) is 0 Å². The Balaban J connectivity index is 1.52. The minimum absolute atomic E-state index is 0.105. The largest absolute Gasteiger partial charge is 0.329 e. The van der Waals surface area contributed by atoms with Crippen LogP contribution < -0.4 is 0 Å². The average Bonchev–Trinajstić information content (AvgIpc) is 3.08. The maximum atomic E-state index is 13.4. The van der Waals surface area contributed by atoms with E-state index in [1.807, 2.05) is 27.8 Å². The van der Waals surface area contributed by atoms with E-state index < -0.39 is 0 Å². The number of amides is 1. The topological polar surface area (TPSA) is 38.1 Å². The highest BCUT2D eigenvalue weighted by Gasteiger charge is 2.37. The maximum Gasteiger partial charge on any atom is 0.275 e. The average molecular weight is 363 g/mol. The van der Waals surface area contributed by atoms with E-state index in [2.05, 4.69) is 29.6 Å². The smallest absolute Gasteiger partial charge is 0.275 e. The van der Waals surface area contributed by atoms with Crippen LogP contribution in [0.25, 0.3) is 5.69 Å². The molecule has 2 aliphatic rings. The Morgan fingerprint density at radius 2 is 2.00 bits per heavy atom. The van der Waals surface area contributed by atoms with Crippen LogP contribution in [0.4, 0.5) is 0 Å². The van der Waals surface area contributed by atoms with Gasteiger partial charge in [0.05, 0.1) is 12.2 Å². The predicted molar refractivity (Wildman–Crippen MR) is 103 cm³/mol. The maximum absolute atomic E-state index is 13.4.